The van der Waals surface area contributed by atoms with Crippen LogP contribution >= 0.6 is 0 Å². The Hall–Kier alpha value is -4.40. The van der Waals surface area contributed by atoms with Gasteiger partial charge in [-0.3, -0.25) is 9.59 Å². The van der Waals surface area contributed by atoms with Crippen LogP contribution in [0, 0.1) is 0 Å². The van der Waals surface area contributed by atoms with Crippen LogP contribution in [-0.4, -0.2) is 29.2 Å². The SMILES string of the molecule is C=CCC(=O)N1CCc2cc(OC(=O)c3ccccc3-c3ccc(C(F)(F)F)cc3)ccc2C1C(N)=O. The number of hydrogen-bond acceptors (Lipinski definition) is 4. The van der Waals surface area contributed by atoms with Gasteiger partial charge < -0.3 is 15.4 Å². The van der Waals surface area contributed by atoms with Gasteiger partial charge in [-0.05, 0) is 59.0 Å². The maximum absolute atomic E-state index is 13.0. The summed E-state index contributed by atoms with van der Waals surface area (Å²) in [5.41, 5.74) is 7.11. The van der Waals surface area contributed by atoms with E-state index in [1.165, 1.54) is 35.2 Å². The van der Waals surface area contributed by atoms with Crippen LogP contribution < -0.4 is 10.5 Å². The van der Waals surface area contributed by atoms with Gasteiger partial charge in [-0.1, -0.05) is 42.5 Å². The summed E-state index contributed by atoms with van der Waals surface area (Å²) in [5, 5.41) is 0. The highest BCUT2D eigenvalue weighted by Crippen LogP contribution is 2.34. The van der Waals surface area contributed by atoms with Gasteiger partial charge in [-0.25, -0.2) is 4.79 Å². The van der Waals surface area contributed by atoms with Gasteiger partial charge in [0.1, 0.15) is 11.8 Å². The summed E-state index contributed by atoms with van der Waals surface area (Å²) in [4.78, 5) is 39.1. The van der Waals surface area contributed by atoms with Crippen molar-refractivity contribution in [2.24, 2.45) is 5.73 Å². The number of nitrogens with zero attached hydrogens (tertiary/aromatic N) is 1. The lowest BCUT2D eigenvalue weighted by molar-refractivity contribution is -0.139. The Kier molecular flexibility index (Phi) is 7.15. The van der Waals surface area contributed by atoms with Crippen molar-refractivity contribution in [1.29, 1.82) is 0 Å². The van der Waals surface area contributed by atoms with Crippen molar-refractivity contribution in [3.05, 3.63) is 102 Å². The highest BCUT2D eigenvalue weighted by Gasteiger charge is 2.34. The molecule has 0 saturated heterocycles. The summed E-state index contributed by atoms with van der Waals surface area (Å²) < 4.78 is 44.4. The van der Waals surface area contributed by atoms with E-state index in [-0.39, 0.29) is 30.2 Å². The Morgan fingerprint density at radius 2 is 1.76 bits per heavy atom. The number of rotatable bonds is 6. The maximum Gasteiger partial charge on any atom is 0.416 e. The minimum Gasteiger partial charge on any atom is -0.423 e. The van der Waals surface area contributed by atoms with Gasteiger partial charge in [0.25, 0.3) is 0 Å². The highest BCUT2D eigenvalue weighted by molar-refractivity contribution is 5.98. The number of nitrogens with two attached hydrogens (primary N) is 1. The van der Waals surface area contributed by atoms with E-state index < -0.39 is 29.7 Å². The molecule has 1 aliphatic rings. The van der Waals surface area contributed by atoms with Crippen LogP contribution in [0.2, 0.25) is 0 Å². The second-order valence-corrected chi connectivity index (χ2v) is 8.51. The molecule has 1 heterocycles. The van der Waals surface area contributed by atoms with E-state index >= 15 is 0 Å². The van der Waals surface area contributed by atoms with E-state index in [0.29, 0.717) is 28.7 Å². The molecule has 2 amide bonds. The molecule has 37 heavy (non-hydrogen) atoms. The molecule has 0 aliphatic carbocycles. The molecule has 0 radical (unpaired) electrons. The lowest BCUT2D eigenvalue weighted by Crippen LogP contribution is -2.45. The third-order valence-corrected chi connectivity index (χ3v) is 6.13. The number of primary amides is 1. The summed E-state index contributed by atoms with van der Waals surface area (Å²) >= 11 is 0. The predicted molar refractivity (Wildman–Crippen MR) is 130 cm³/mol. The van der Waals surface area contributed by atoms with Crippen molar-refractivity contribution >= 4 is 17.8 Å². The Balaban J connectivity index is 1.59. The van der Waals surface area contributed by atoms with Gasteiger partial charge in [0.2, 0.25) is 11.8 Å². The fourth-order valence-electron chi connectivity index (χ4n) is 4.40. The minimum absolute atomic E-state index is 0.0765. The van der Waals surface area contributed by atoms with E-state index in [1.54, 1.807) is 30.3 Å². The first-order chi connectivity index (χ1) is 17.6. The molecule has 1 aliphatic heterocycles. The van der Waals surface area contributed by atoms with Crippen molar-refractivity contribution in [1.82, 2.24) is 4.90 Å². The average Bonchev–Trinajstić information content (AvgIpc) is 2.87. The van der Waals surface area contributed by atoms with E-state index in [1.807, 2.05) is 0 Å². The van der Waals surface area contributed by atoms with Crippen molar-refractivity contribution in [2.45, 2.75) is 25.1 Å². The van der Waals surface area contributed by atoms with E-state index in [2.05, 4.69) is 6.58 Å². The molecule has 2 N–H and O–H groups in total. The zero-order chi connectivity index (χ0) is 26.7. The maximum atomic E-state index is 13.0. The number of esters is 1. The Labute approximate surface area is 211 Å². The number of carbonyl (C=O) groups is 3. The number of ether oxygens (including phenoxy) is 1. The van der Waals surface area contributed by atoms with Crippen LogP contribution in [0.15, 0.2) is 79.4 Å². The van der Waals surface area contributed by atoms with Crippen LogP contribution in [-0.2, 0) is 22.2 Å². The smallest absolute Gasteiger partial charge is 0.416 e. The number of halogens is 3. The molecule has 3 aromatic carbocycles. The molecule has 0 spiro atoms. The van der Waals surface area contributed by atoms with Crippen molar-refractivity contribution in [3.63, 3.8) is 0 Å². The summed E-state index contributed by atoms with van der Waals surface area (Å²) in [6, 6.07) is 14.8. The number of amides is 2. The fourth-order valence-corrected chi connectivity index (χ4v) is 4.40. The van der Waals surface area contributed by atoms with Crippen molar-refractivity contribution < 1.29 is 32.3 Å². The third kappa shape index (κ3) is 5.40. The molecule has 0 fully saturated rings. The molecule has 4 rings (SSSR count). The van der Waals surface area contributed by atoms with Gasteiger partial charge in [-0.2, -0.15) is 13.2 Å². The first-order valence-electron chi connectivity index (χ1n) is 11.4. The van der Waals surface area contributed by atoms with Crippen LogP contribution in [0.5, 0.6) is 5.75 Å². The number of benzene rings is 3. The van der Waals surface area contributed by atoms with Gasteiger partial charge >= 0.3 is 12.1 Å². The minimum atomic E-state index is -4.47. The van der Waals surface area contributed by atoms with Gasteiger partial charge in [-0.15, -0.1) is 6.58 Å². The van der Waals surface area contributed by atoms with Crippen LogP contribution in [0.3, 0.4) is 0 Å². The number of fused-ring (bicyclic) bond motifs is 1. The number of carbonyl (C=O) groups excluding carboxylic acids is 3. The predicted octanol–water partition coefficient (Wildman–Crippen LogP) is 5.08. The Morgan fingerprint density at radius 1 is 1.05 bits per heavy atom. The standard InChI is InChI=1S/C28H23F3N2O4/c1-2-5-24(34)33-15-14-18-16-20(12-13-22(18)25(33)26(32)35)37-27(36)23-7-4-3-6-21(23)17-8-10-19(11-9-17)28(29,30)31/h2-4,6-13,16,25H,1,5,14-15H2,(H2,32,35). The lowest BCUT2D eigenvalue weighted by atomic mass is 9.91. The first-order valence-corrected chi connectivity index (χ1v) is 11.4. The zero-order valence-electron chi connectivity index (χ0n) is 19.6. The molecular formula is C28H23F3N2O4. The zero-order valence-corrected chi connectivity index (χ0v) is 19.6. The summed E-state index contributed by atoms with van der Waals surface area (Å²) in [6.45, 7) is 3.82. The van der Waals surface area contributed by atoms with Crippen LogP contribution in [0.25, 0.3) is 11.1 Å². The average molecular weight is 508 g/mol. The molecule has 1 atom stereocenters. The number of hydrogen-bond donors (Lipinski definition) is 1. The van der Waals surface area contributed by atoms with Crippen LogP contribution in [0.1, 0.15) is 39.5 Å². The van der Waals surface area contributed by atoms with Crippen molar-refractivity contribution in [2.75, 3.05) is 6.54 Å². The summed E-state index contributed by atoms with van der Waals surface area (Å²) in [7, 11) is 0. The fraction of sp³-hybridized carbons (Fsp3) is 0.179. The summed E-state index contributed by atoms with van der Waals surface area (Å²) in [6.07, 6.45) is -2.50. The van der Waals surface area contributed by atoms with E-state index in [0.717, 1.165) is 12.1 Å². The molecule has 1 unspecified atom stereocenters. The second-order valence-electron chi connectivity index (χ2n) is 8.51. The first kappa shape index (κ1) is 25.7. The molecule has 9 heteroatoms. The lowest BCUT2D eigenvalue weighted by Gasteiger charge is -2.35. The highest BCUT2D eigenvalue weighted by atomic mass is 19.4. The Bertz CT molecular complexity index is 1370. The van der Waals surface area contributed by atoms with Gasteiger partial charge in [0.15, 0.2) is 0 Å². The third-order valence-electron chi connectivity index (χ3n) is 6.13. The monoisotopic (exact) mass is 508 g/mol. The molecular weight excluding hydrogens is 485 g/mol. The quantitative estimate of drug-likeness (QED) is 0.286. The van der Waals surface area contributed by atoms with E-state index in [9.17, 15) is 27.6 Å². The Morgan fingerprint density at radius 3 is 2.41 bits per heavy atom. The second kappa shape index (κ2) is 10.3. The molecule has 6 nitrogen and oxygen atoms in total. The topological polar surface area (TPSA) is 89.7 Å². The van der Waals surface area contributed by atoms with Gasteiger partial charge in [0, 0.05) is 13.0 Å². The largest absolute Gasteiger partial charge is 0.423 e. The molecule has 0 aromatic heterocycles. The van der Waals surface area contributed by atoms with E-state index in [4.69, 9.17) is 10.5 Å². The van der Waals surface area contributed by atoms with Gasteiger partial charge in [0.05, 0.1) is 11.1 Å². The normalized spacial score (nSPS) is 15.0. The molecule has 0 saturated carbocycles. The number of alkyl halides is 3. The van der Waals surface area contributed by atoms with Crippen LogP contribution in [0.4, 0.5) is 13.2 Å². The molecule has 190 valence electrons. The van der Waals surface area contributed by atoms with Crippen molar-refractivity contribution in [3.8, 4) is 16.9 Å². The molecule has 0 bridgehead atoms. The summed E-state index contributed by atoms with van der Waals surface area (Å²) in [5.74, 6) is -1.41. The molecule has 3 aromatic rings.